The first-order chi connectivity index (χ1) is 28.4. The minimum Gasteiger partial charge on any atom is -0.396 e. The van der Waals surface area contributed by atoms with E-state index < -0.39 is 0 Å². The molecule has 0 bridgehead atoms. The highest BCUT2D eigenvalue weighted by Crippen LogP contribution is 2.23. The Morgan fingerprint density at radius 1 is 0.603 bits per heavy atom. The van der Waals surface area contributed by atoms with Crippen LogP contribution in [0.4, 0.5) is 0 Å². The van der Waals surface area contributed by atoms with Gasteiger partial charge in [-0.05, 0) is 88.1 Å². The third kappa shape index (κ3) is 8.04. The highest BCUT2D eigenvalue weighted by atomic mass is 16.3. The Balaban J connectivity index is 0.000000178. The SMILES string of the molecule is C=C(C)n1c(=O)n(Cc2nc3ccccc3n2CCCCCCC#N)c2ccccc21.CCn1c(=O)n(Cc2nc3ccccc3n2CCCCO)c2ccccc21. The number of aryl methyl sites for hydroxylation is 3. The minimum absolute atomic E-state index is 0.00679. The van der Waals surface area contributed by atoms with Crippen molar-refractivity contribution in [2.45, 2.75) is 91.5 Å². The van der Waals surface area contributed by atoms with Crippen LogP contribution in [0, 0.1) is 11.3 Å². The number of unbranched alkanes of at least 4 members (excludes halogenated alkanes) is 5. The van der Waals surface area contributed by atoms with Crippen molar-refractivity contribution in [3.8, 4) is 6.07 Å². The van der Waals surface area contributed by atoms with E-state index in [0.29, 0.717) is 31.8 Å². The van der Waals surface area contributed by atoms with Gasteiger partial charge in [0.1, 0.15) is 11.6 Å². The summed E-state index contributed by atoms with van der Waals surface area (Å²) in [6.07, 6.45) is 6.33. The second-order valence-corrected chi connectivity index (χ2v) is 14.6. The first-order valence-corrected chi connectivity index (χ1v) is 20.3. The number of fused-ring (bicyclic) bond motifs is 4. The topological polar surface area (TPSA) is 134 Å². The molecule has 4 heterocycles. The molecule has 0 amide bonds. The predicted molar refractivity (Wildman–Crippen MR) is 232 cm³/mol. The van der Waals surface area contributed by atoms with Gasteiger partial charge in [0.05, 0.1) is 63.3 Å². The van der Waals surface area contributed by atoms with Gasteiger partial charge in [-0.2, -0.15) is 5.26 Å². The Morgan fingerprint density at radius 3 is 1.57 bits per heavy atom. The van der Waals surface area contributed by atoms with Crippen LogP contribution in [-0.2, 0) is 32.7 Å². The number of nitrogens with zero attached hydrogens (tertiary/aromatic N) is 9. The summed E-state index contributed by atoms with van der Waals surface area (Å²) in [6.45, 7) is 11.1. The fraction of sp³-hybridized carbons (Fsp3) is 0.326. The summed E-state index contributed by atoms with van der Waals surface area (Å²) >= 11 is 0. The van der Waals surface area contributed by atoms with Gasteiger partial charge in [-0.25, -0.2) is 19.6 Å². The maximum Gasteiger partial charge on any atom is 0.333 e. The molecule has 1 N–H and O–H groups in total. The fourth-order valence-corrected chi connectivity index (χ4v) is 7.94. The molecule has 0 aliphatic rings. The first kappa shape index (κ1) is 39.8. The minimum atomic E-state index is -0.0937. The molecule has 0 unspecified atom stereocenters. The summed E-state index contributed by atoms with van der Waals surface area (Å²) in [5, 5.41) is 17.8. The van der Waals surface area contributed by atoms with Crippen LogP contribution >= 0.6 is 0 Å². The lowest BCUT2D eigenvalue weighted by atomic mass is 10.1. The van der Waals surface area contributed by atoms with Gasteiger partial charge in [-0.1, -0.05) is 68.0 Å². The molecule has 0 radical (unpaired) electrons. The normalized spacial score (nSPS) is 11.4. The van der Waals surface area contributed by atoms with Gasteiger partial charge in [0.15, 0.2) is 0 Å². The zero-order valence-corrected chi connectivity index (χ0v) is 33.4. The van der Waals surface area contributed by atoms with Crippen LogP contribution in [0.25, 0.3) is 49.8 Å². The molecule has 12 nitrogen and oxygen atoms in total. The van der Waals surface area contributed by atoms with E-state index >= 15 is 0 Å². The van der Waals surface area contributed by atoms with Crippen LogP contribution in [0.3, 0.4) is 0 Å². The number of para-hydroxylation sites is 8. The molecule has 0 aliphatic carbocycles. The molecule has 12 heteroatoms. The molecule has 0 fully saturated rings. The summed E-state index contributed by atoms with van der Waals surface area (Å²) in [7, 11) is 0. The Hall–Kier alpha value is -6.45. The summed E-state index contributed by atoms with van der Waals surface area (Å²) in [5.74, 6) is 1.75. The number of rotatable bonds is 16. The van der Waals surface area contributed by atoms with Crippen molar-refractivity contribution in [1.82, 2.24) is 37.4 Å². The van der Waals surface area contributed by atoms with Crippen LogP contribution in [0.5, 0.6) is 0 Å². The van der Waals surface area contributed by atoms with E-state index in [4.69, 9.17) is 20.3 Å². The average molecular weight is 778 g/mol. The van der Waals surface area contributed by atoms with Gasteiger partial charge < -0.3 is 14.2 Å². The molecule has 8 rings (SSSR count). The Kier molecular flexibility index (Phi) is 12.5. The number of hydrogen-bond acceptors (Lipinski definition) is 6. The average Bonchev–Trinajstić information content (AvgIpc) is 3.94. The lowest BCUT2D eigenvalue weighted by molar-refractivity contribution is 0.281. The van der Waals surface area contributed by atoms with Crippen LogP contribution < -0.4 is 11.4 Å². The third-order valence-corrected chi connectivity index (χ3v) is 10.7. The van der Waals surface area contributed by atoms with Gasteiger partial charge in [0, 0.05) is 38.4 Å². The van der Waals surface area contributed by atoms with Crippen LogP contribution in [0.2, 0.25) is 0 Å². The second-order valence-electron chi connectivity index (χ2n) is 14.6. The van der Waals surface area contributed by atoms with Crippen molar-refractivity contribution in [1.29, 1.82) is 5.26 Å². The van der Waals surface area contributed by atoms with E-state index in [1.165, 1.54) is 0 Å². The maximum atomic E-state index is 13.2. The maximum absolute atomic E-state index is 13.2. The van der Waals surface area contributed by atoms with Crippen LogP contribution in [0.1, 0.15) is 70.4 Å². The smallest absolute Gasteiger partial charge is 0.333 e. The second kappa shape index (κ2) is 18.2. The molecular formula is C46H51N9O3. The van der Waals surface area contributed by atoms with Crippen LogP contribution in [-0.4, -0.2) is 49.1 Å². The molecule has 0 atom stereocenters. The molecule has 0 saturated heterocycles. The van der Waals surface area contributed by atoms with Crippen molar-refractivity contribution >= 4 is 49.8 Å². The largest absolute Gasteiger partial charge is 0.396 e. The Morgan fingerprint density at radius 2 is 1.05 bits per heavy atom. The fourth-order valence-electron chi connectivity index (χ4n) is 7.94. The lowest BCUT2D eigenvalue weighted by Crippen LogP contribution is -2.25. The number of nitriles is 1. The van der Waals surface area contributed by atoms with E-state index in [1.54, 1.807) is 13.7 Å². The number of hydrogen-bond donors (Lipinski definition) is 1. The van der Waals surface area contributed by atoms with Crippen molar-refractivity contribution in [2.75, 3.05) is 6.61 Å². The molecular weight excluding hydrogens is 727 g/mol. The molecule has 8 aromatic rings. The summed E-state index contributed by atoms with van der Waals surface area (Å²) < 4.78 is 11.5. The van der Waals surface area contributed by atoms with Crippen molar-refractivity contribution in [3.05, 3.63) is 136 Å². The molecule has 4 aromatic carbocycles. The zero-order valence-electron chi connectivity index (χ0n) is 33.4. The monoisotopic (exact) mass is 777 g/mol. The lowest BCUT2D eigenvalue weighted by Gasteiger charge is -2.10. The van der Waals surface area contributed by atoms with Gasteiger partial charge in [-0.15, -0.1) is 0 Å². The first-order valence-electron chi connectivity index (χ1n) is 20.3. The van der Waals surface area contributed by atoms with E-state index in [0.717, 1.165) is 107 Å². The molecule has 0 aliphatic heterocycles. The predicted octanol–water partition coefficient (Wildman–Crippen LogP) is 8.16. The highest BCUT2D eigenvalue weighted by molar-refractivity contribution is 5.80. The zero-order chi connectivity index (χ0) is 40.6. The summed E-state index contributed by atoms with van der Waals surface area (Å²) in [6, 6.07) is 34.1. The number of aliphatic hydroxyl groups excluding tert-OH is 1. The molecule has 0 saturated carbocycles. The molecule has 298 valence electrons. The highest BCUT2D eigenvalue weighted by Gasteiger charge is 2.19. The van der Waals surface area contributed by atoms with Gasteiger partial charge in [-0.3, -0.25) is 18.3 Å². The number of imidazole rings is 4. The number of aromatic nitrogens is 8. The third-order valence-electron chi connectivity index (χ3n) is 10.7. The number of benzene rings is 4. The van der Waals surface area contributed by atoms with E-state index in [-0.39, 0.29) is 18.0 Å². The van der Waals surface area contributed by atoms with E-state index in [9.17, 15) is 9.59 Å². The Bertz CT molecular complexity index is 2860. The quantitative estimate of drug-likeness (QED) is 0.0985. The standard InChI is InChI=1S/C25H27N5O.C21H24N4O2/c1-19(2)30-23-15-9-8-14-22(23)29(25(30)31)18-24-27-20-12-6-7-13-21(20)28(24)17-11-5-3-4-10-16-26;1-2-23-18-11-5-6-12-19(18)25(21(23)27)15-20-22-16-9-3-4-10-17(16)24(20)13-7-8-14-26/h6-9,12-15H,1,3-5,10-11,17-18H2,2H3;3-6,9-12,26H,2,7-8,13-15H2,1H3. The Labute approximate surface area is 337 Å². The van der Waals surface area contributed by atoms with Gasteiger partial charge in [0.2, 0.25) is 0 Å². The summed E-state index contributed by atoms with van der Waals surface area (Å²) in [5.41, 5.74) is 8.26. The molecule has 58 heavy (non-hydrogen) atoms. The summed E-state index contributed by atoms with van der Waals surface area (Å²) in [4.78, 5) is 35.9. The van der Waals surface area contributed by atoms with Crippen molar-refractivity contribution < 1.29 is 5.11 Å². The van der Waals surface area contributed by atoms with Crippen molar-refractivity contribution in [3.63, 3.8) is 0 Å². The molecule has 4 aromatic heterocycles. The molecule has 0 spiro atoms. The van der Waals surface area contributed by atoms with Gasteiger partial charge >= 0.3 is 11.4 Å². The van der Waals surface area contributed by atoms with Crippen molar-refractivity contribution in [2.24, 2.45) is 0 Å². The van der Waals surface area contributed by atoms with Crippen LogP contribution in [0.15, 0.2) is 113 Å². The van der Waals surface area contributed by atoms with Gasteiger partial charge in [0.25, 0.3) is 0 Å². The number of aliphatic hydroxyl groups is 1. The number of allylic oxidation sites excluding steroid dienone is 1. The van der Waals surface area contributed by atoms with E-state index in [1.807, 2.05) is 103 Å². The van der Waals surface area contributed by atoms with E-state index in [2.05, 4.69) is 33.9 Å².